The fourth-order valence-corrected chi connectivity index (χ4v) is 4.66. The molecule has 0 heterocycles. The Morgan fingerprint density at radius 1 is 0.833 bits per heavy atom. The number of aliphatic carboxylic acids is 1. The van der Waals surface area contributed by atoms with Gasteiger partial charge in [-0.3, -0.25) is 9.59 Å². The molecule has 296 valence electrons. The Labute approximate surface area is 324 Å². The molecule has 0 fully saturated rings. The number of benzene rings is 3. The zero-order chi connectivity index (χ0) is 41.5. The SMILES string of the molecule is CC.CC=O.CCC.CCCNC(=O)Nc1cccc(S(=O)Nc2cccc(C(CC(=O)O)NC(=O)Nc3ccc(NC)cc3)c2)c1.[B]C(NC)C(C)=O. The van der Waals surface area contributed by atoms with E-state index in [0.717, 1.165) is 18.4 Å². The van der Waals surface area contributed by atoms with Crippen molar-refractivity contribution in [3.63, 3.8) is 0 Å². The lowest BCUT2D eigenvalue weighted by atomic mass is 9.93. The molecular formula is C38H58BN7O7S. The molecule has 0 aliphatic carbocycles. The molecule has 0 saturated heterocycles. The maximum atomic E-state index is 13.0. The quantitative estimate of drug-likeness (QED) is 0.0650. The number of nitrogens with one attached hydrogen (secondary N) is 7. The topological polar surface area (TPSA) is 207 Å². The second-order valence-corrected chi connectivity index (χ2v) is 12.0. The minimum atomic E-state index is -1.68. The van der Waals surface area contributed by atoms with E-state index >= 15 is 0 Å². The van der Waals surface area contributed by atoms with Crippen molar-refractivity contribution in [3.8, 4) is 0 Å². The molecule has 3 unspecified atom stereocenters. The molecular weight excluding hydrogens is 709 g/mol. The Hall–Kier alpha value is -5.22. The average molecular weight is 768 g/mol. The van der Waals surface area contributed by atoms with Gasteiger partial charge in [0, 0.05) is 42.3 Å². The zero-order valence-corrected chi connectivity index (χ0v) is 33.7. The Morgan fingerprint density at radius 3 is 1.87 bits per heavy atom. The van der Waals surface area contributed by atoms with Crippen LogP contribution in [-0.2, 0) is 25.4 Å². The van der Waals surface area contributed by atoms with Crippen molar-refractivity contribution in [2.45, 2.75) is 84.6 Å². The van der Waals surface area contributed by atoms with Crippen LogP contribution >= 0.6 is 0 Å². The highest BCUT2D eigenvalue weighted by Crippen LogP contribution is 2.23. The molecule has 0 spiro atoms. The third-order valence-corrected chi connectivity index (χ3v) is 7.31. The molecule has 8 N–H and O–H groups in total. The Bertz CT molecular complexity index is 1560. The maximum absolute atomic E-state index is 13.0. The summed E-state index contributed by atoms with van der Waals surface area (Å²) in [6, 6.07) is 18.6. The van der Waals surface area contributed by atoms with Crippen LogP contribution in [-0.4, -0.2) is 73.8 Å². The lowest BCUT2D eigenvalue weighted by molar-refractivity contribution is -0.137. The van der Waals surface area contributed by atoms with Gasteiger partial charge in [0.05, 0.1) is 17.4 Å². The lowest BCUT2D eigenvalue weighted by Crippen LogP contribution is -2.33. The number of amides is 4. The molecule has 14 nitrogen and oxygen atoms in total. The average Bonchev–Trinajstić information content (AvgIpc) is 3.15. The number of carboxylic acid groups (broad SMARTS) is 1. The summed E-state index contributed by atoms with van der Waals surface area (Å²) in [5.74, 6) is -1.62. The van der Waals surface area contributed by atoms with Crippen LogP contribution < -0.4 is 36.6 Å². The first-order valence-electron chi connectivity index (χ1n) is 17.6. The summed E-state index contributed by atoms with van der Waals surface area (Å²) in [6.45, 7) is 13.6. The number of anilines is 4. The molecule has 54 heavy (non-hydrogen) atoms. The van der Waals surface area contributed by atoms with Crippen LogP contribution in [0.3, 0.4) is 0 Å². The van der Waals surface area contributed by atoms with Crippen LogP contribution in [0.15, 0.2) is 77.7 Å². The van der Waals surface area contributed by atoms with Crippen LogP contribution in [0, 0.1) is 0 Å². The summed E-state index contributed by atoms with van der Waals surface area (Å²) in [6.07, 6.45) is 2.45. The molecule has 3 rings (SSSR count). The molecule has 3 atom stereocenters. The normalized spacial score (nSPS) is 11.1. The number of hydrogen-bond acceptors (Lipinski definition) is 8. The van der Waals surface area contributed by atoms with Gasteiger partial charge in [0.15, 0.2) is 0 Å². The fraction of sp³-hybridized carbons (Fsp3) is 0.395. The van der Waals surface area contributed by atoms with Gasteiger partial charge < -0.3 is 46.5 Å². The van der Waals surface area contributed by atoms with Gasteiger partial charge in [0.25, 0.3) is 0 Å². The van der Waals surface area contributed by atoms with Crippen molar-refractivity contribution in [2.75, 3.05) is 41.3 Å². The van der Waals surface area contributed by atoms with Gasteiger partial charge in [0.2, 0.25) is 0 Å². The molecule has 3 aromatic carbocycles. The highest BCUT2D eigenvalue weighted by atomic mass is 32.2. The number of carboxylic acids is 1. The minimum absolute atomic E-state index is 0.0394. The van der Waals surface area contributed by atoms with E-state index in [-0.39, 0.29) is 18.2 Å². The van der Waals surface area contributed by atoms with Crippen LogP contribution in [0.2, 0.25) is 0 Å². The highest BCUT2D eigenvalue weighted by Gasteiger charge is 2.19. The van der Waals surface area contributed by atoms with Gasteiger partial charge in [-0.25, -0.2) is 13.8 Å². The summed E-state index contributed by atoms with van der Waals surface area (Å²) >= 11 is 0. The van der Waals surface area contributed by atoms with Crippen molar-refractivity contribution >= 4 is 71.7 Å². The van der Waals surface area contributed by atoms with Crippen LogP contribution in [0.4, 0.5) is 32.3 Å². The van der Waals surface area contributed by atoms with E-state index in [1.54, 1.807) is 86.9 Å². The number of likely N-dealkylation sites (N-methyl/N-ethyl adjacent to an activating group) is 1. The number of aldehydes is 1. The summed E-state index contributed by atoms with van der Waals surface area (Å²) in [7, 11) is 6.91. The molecule has 0 bridgehead atoms. The van der Waals surface area contributed by atoms with Gasteiger partial charge in [-0.1, -0.05) is 59.2 Å². The number of ketones is 1. The second kappa shape index (κ2) is 31.3. The number of rotatable bonds is 14. The van der Waals surface area contributed by atoms with E-state index in [0.29, 0.717) is 34.1 Å². The first-order valence-corrected chi connectivity index (χ1v) is 18.8. The molecule has 0 aliphatic rings. The summed E-state index contributed by atoms with van der Waals surface area (Å²) in [5.41, 5.74) is 2.90. The van der Waals surface area contributed by atoms with E-state index in [1.165, 1.54) is 20.3 Å². The first-order chi connectivity index (χ1) is 25.8. The molecule has 0 saturated carbocycles. The largest absolute Gasteiger partial charge is 0.481 e. The van der Waals surface area contributed by atoms with Gasteiger partial charge in [-0.15, -0.1) is 0 Å². The Kier molecular flexibility index (Phi) is 29.5. The second-order valence-electron chi connectivity index (χ2n) is 10.8. The summed E-state index contributed by atoms with van der Waals surface area (Å²) < 4.78 is 15.9. The summed E-state index contributed by atoms with van der Waals surface area (Å²) in [5, 5.41) is 25.8. The predicted octanol–water partition coefficient (Wildman–Crippen LogP) is 6.67. The monoisotopic (exact) mass is 767 g/mol. The van der Waals surface area contributed by atoms with Crippen LogP contribution in [0.5, 0.6) is 0 Å². The molecule has 16 heteroatoms. The summed E-state index contributed by atoms with van der Waals surface area (Å²) in [4.78, 5) is 55.5. The smallest absolute Gasteiger partial charge is 0.319 e. The zero-order valence-electron chi connectivity index (χ0n) is 32.9. The number of carbonyl (C=O) groups excluding carboxylic acids is 4. The lowest BCUT2D eigenvalue weighted by Gasteiger charge is -2.19. The molecule has 2 radical (unpaired) electrons. The minimum Gasteiger partial charge on any atom is -0.481 e. The number of carbonyl (C=O) groups is 5. The van der Waals surface area contributed by atoms with Crippen molar-refractivity contribution in [2.24, 2.45) is 0 Å². The fourth-order valence-electron chi connectivity index (χ4n) is 3.76. The van der Waals surface area contributed by atoms with E-state index in [9.17, 15) is 28.5 Å². The van der Waals surface area contributed by atoms with Gasteiger partial charge in [-0.05, 0) is 87.5 Å². The molecule has 0 aliphatic heterocycles. The van der Waals surface area contributed by atoms with E-state index in [2.05, 4.69) is 50.5 Å². The predicted molar refractivity (Wildman–Crippen MR) is 222 cm³/mol. The van der Waals surface area contributed by atoms with Gasteiger partial charge in [0.1, 0.15) is 30.9 Å². The van der Waals surface area contributed by atoms with Gasteiger partial charge >= 0.3 is 18.0 Å². The number of Topliss-reactive ketones (excluding diaryl/α,β-unsaturated/α-hetero) is 1. The molecule has 3 aromatic rings. The van der Waals surface area contributed by atoms with Crippen LogP contribution in [0.1, 0.15) is 79.3 Å². The highest BCUT2D eigenvalue weighted by molar-refractivity contribution is 7.86. The van der Waals surface area contributed by atoms with Crippen LogP contribution in [0.25, 0.3) is 0 Å². The maximum Gasteiger partial charge on any atom is 0.319 e. The van der Waals surface area contributed by atoms with Crippen molar-refractivity contribution < 1.29 is 33.3 Å². The molecule has 0 aromatic heterocycles. The van der Waals surface area contributed by atoms with Crippen molar-refractivity contribution in [3.05, 3.63) is 78.4 Å². The van der Waals surface area contributed by atoms with Crippen molar-refractivity contribution in [1.29, 1.82) is 0 Å². The first kappa shape index (κ1) is 50.9. The van der Waals surface area contributed by atoms with E-state index in [1.807, 2.05) is 20.8 Å². The van der Waals surface area contributed by atoms with Crippen molar-refractivity contribution in [1.82, 2.24) is 16.0 Å². The number of urea groups is 2. The Morgan fingerprint density at radius 2 is 1.37 bits per heavy atom. The number of hydrogen-bond donors (Lipinski definition) is 8. The third-order valence-electron chi connectivity index (χ3n) is 6.21. The van der Waals surface area contributed by atoms with E-state index < -0.39 is 35.0 Å². The molecule has 4 amide bonds. The third kappa shape index (κ3) is 23.4. The standard InChI is InChI=1S/C27H32N6O5S.C4H8BNO.C3H8.C2H4O.C2H6/c1-3-14-29-26(36)31-21-7-5-9-23(16-21)39(38)33-22-8-4-6-18(15-22)24(17-25(34)35)32-27(37)30-20-12-10-19(28-2)11-13-20;1-3(7)4(5)6-2;1-3-2;1-2-3;1-2/h4-13,15-16,24,28,33H,3,14,17H2,1-2H3,(H,34,35)(H2,29,31,36)(H2,30,32,37);4,6H,1-2H3;3H2,1-2H3;2H,1H3;1-2H3. The Balaban J connectivity index is 0. The van der Waals surface area contributed by atoms with Gasteiger partial charge in [-0.2, -0.15) is 0 Å². The van der Waals surface area contributed by atoms with E-state index in [4.69, 9.17) is 12.6 Å².